The van der Waals surface area contributed by atoms with Crippen LogP contribution in [0.5, 0.6) is 0 Å². The molecule has 4 rings (SSSR count). The maximum Gasteiger partial charge on any atom is 0.262 e. The summed E-state index contributed by atoms with van der Waals surface area (Å²) in [6.07, 6.45) is 1.57. The molecule has 0 fully saturated rings. The number of rotatable bonds is 9. The lowest BCUT2D eigenvalue weighted by Crippen LogP contribution is -2.24. The van der Waals surface area contributed by atoms with Crippen LogP contribution < -0.4 is 15.8 Å². The zero-order valence-electron chi connectivity index (χ0n) is 18.7. The van der Waals surface area contributed by atoms with E-state index in [1.807, 2.05) is 42.5 Å². The third kappa shape index (κ3) is 5.28. The molecule has 2 aromatic heterocycles. The summed E-state index contributed by atoms with van der Waals surface area (Å²) in [6.45, 7) is 6.33. The predicted octanol–water partition coefficient (Wildman–Crippen LogP) is 4.61. The summed E-state index contributed by atoms with van der Waals surface area (Å²) in [5, 5.41) is 3.93. The van der Waals surface area contributed by atoms with Crippen LogP contribution in [0.1, 0.15) is 19.6 Å². The van der Waals surface area contributed by atoms with Crippen molar-refractivity contribution in [3.05, 3.63) is 83.0 Å². The van der Waals surface area contributed by atoms with Crippen LogP contribution in [0.2, 0.25) is 0 Å². The van der Waals surface area contributed by atoms with Crippen molar-refractivity contribution in [1.29, 1.82) is 0 Å². The van der Waals surface area contributed by atoms with E-state index in [4.69, 9.17) is 4.42 Å². The average Bonchev–Trinajstić information content (AvgIpc) is 3.35. The van der Waals surface area contributed by atoms with E-state index in [1.54, 1.807) is 29.0 Å². The second-order valence-electron chi connectivity index (χ2n) is 7.44. The monoisotopic (exact) mass is 462 g/mol. The van der Waals surface area contributed by atoms with Crippen LogP contribution in [0.3, 0.4) is 0 Å². The van der Waals surface area contributed by atoms with Crippen LogP contribution in [0, 0.1) is 0 Å². The summed E-state index contributed by atoms with van der Waals surface area (Å²) in [5.74, 6) is 0.608. The van der Waals surface area contributed by atoms with E-state index in [1.165, 1.54) is 11.8 Å². The maximum absolute atomic E-state index is 13.1. The van der Waals surface area contributed by atoms with Crippen molar-refractivity contribution >= 4 is 39.9 Å². The highest BCUT2D eigenvalue weighted by Gasteiger charge is 2.15. The Bertz CT molecular complexity index is 1280. The normalized spacial score (nSPS) is 11.0. The Kier molecular flexibility index (Phi) is 7.14. The number of fused-ring (bicyclic) bond motifs is 1. The van der Waals surface area contributed by atoms with Crippen molar-refractivity contribution in [2.24, 2.45) is 0 Å². The predicted molar refractivity (Wildman–Crippen MR) is 133 cm³/mol. The molecule has 8 heteroatoms. The fraction of sp³-hybridized carbons (Fsp3) is 0.240. The van der Waals surface area contributed by atoms with Gasteiger partial charge in [-0.25, -0.2) is 4.98 Å². The van der Waals surface area contributed by atoms with E-state index in [0.717, 1.165) is 24.5 Å². The molecule has 170 valence electrons. The Labute approximate surface area is 196 Å². The Morgan fingerprint density at radius 3 is 2.52 bits per heavy atom. The molecule has 0 atom stereocenters. The Morgan fingerprint density at radius 1 is 1.06 bits per heavy atom. The minimum atomic E-state index is -0.164. The molecule has 2 aromatic carbocycles. The van der Waals surface area contributed by atoms with Crippen LogP contribution in [0.15, 0.2) is 81.3 Å². The molecule has 0 unspecified atom stereocenters. The quantitative estimate of drug-likeness (QED) is 0.289. The van der Waals surface area contributed by atoms with E-state index >= 15 is 0 Å². The molecule has 0 aliphatic carbocycles. The van der Waals surface area contributed by atoms with Gasteiger partial charge in [-0.05, 0) is 62.4 Å². The SMILES string of the molecule is CCN(CC)c1ccc(NC(=O)CSc2nc3ccccc3c(=O)n2Cc2ccco2)cc1. The topological polar surface area (TPSA) is 80.4 Å². The highest BCUT2D eigenvalue weighted by Crippen LogP contribution is 2.21. The number of carbonyl (C=O) groups is 1. The Balaban J connectivity index is 1.50. The number of hydrogen-bond acceptors (Lipinski definition) is 6. The lowest BCUT2D eigenvalue weighted by Gasteiger charge is -2.21. The van der Waals surface area contributed by atoms with E-state index in [-0.39, 0.29) is 23.8 Å². The molecule has 2 heterocycles. The van der Waals surface area contributed by atoms with Gasteiger partial charge in [0.25, 0.3) is 5.56 Å². The number of hydrogen-bond donors (Lipinski definition) is 1. The Hall–Kier alpha value is -3.52. The second kappa shape index (κ2) is 10.4. The van der Waals surface area contributed by atoms with Gasteiger partial charge >= 0.3 is 0 Å². The fourth-order valence-electron chi connectivity index (χ4n) is 3.63. The van der Waals surface area contributed by atoms with Crippen molar-refractivity contribution < 1.29 is 9.21 Å². The van der Waals surface area contributed by atoms with Gasteiger partial charge in [0.15, 0.2) is 5.16 Å². The van der Waals surface area contributed by atoms with Gasteiger partial charge in [0.1, 0.15) is 5.76 Å². The smallest absolute Gasteiger partial charge is 0.262 e. The highest BCUT2D eigenvalue weighted by molar-refractivity contribution is 7.99. The number of nitrogens with one attached hydrogen (secondary N) is 1. The number of anilines is 2. The van der Waals surface area contributed by atoms with Crippen molar-refractivity contribution in [2.75, 3.05) is 29.1 Å². The lowest BCUT2D eigenvalue weighted by atomic mass is 10.2. The Morgan fingerprint density at radius 2 is 1.82 bits per heavy atom. The van der Waals surface area contributed by atoms with Crippen LogP contribution >= 0.6 is 11.8 Å². The minimum Gasteiger partial charge on any atom is -0.467 e. The molecule has 0 aliphatic heterocycles. The number of amides is 1. The summed E-state index contributed by atoms with van der Waals surface area (Å²) >= 11 is 1.23. The molecular formula is C25H26N4O3S. The first-order valence-electron chi connectivity index (χ1n) is 10.9. The molecule has 0 spiro atoms. The van der Waals surface area contributed by atoms with Gasteiger partial charge in [-0.15, -0.1) is 0 Å². The average molecular weight is 463 g/mol. The largest absolute Gasteiger partial charge is 0.467 e. The number of para-hydroxylation sites is 1. The third-order valence-electron chi connectivity index (χ3n) is 5.33. The first-order valence-corrected chi connectivity index (χ1v) is 11.9. The van der Waals surface area contributed by atoms with Gasteiger partial charge in [-0.3, -0.25) is 14.2 Å². The van der Waals surface area contributed by atoms with Crippen LogP contribution in [0.4, 0.5) is 11.4 Å². The minimum absolute atomic E-state index is 0.126. The molecule has 4 aromatic rings. The summed E-state index contributed by atoms with van der Waals surface area (Å²) in [5.41, 5.74) is 2.30. The number of furan rings is 1. The standard InChI is InChI=1S/C25H26N4O3S/c1-3-28(4-2)19-13-11-18(12-14-19)26-23(30)17-33-25-27-22-10-6-5-9-21(22)24(31)29(25)16-20-8-7-15-32-20/h5-15H,3-4,16-17H2,1-2H3,(H,26,30). The molecule has 7 nitrogen and oxygen atoms in total. The summed E-state index contributed by atoms with van der Waals surface area (Å²) in [7, 11) is 0. The van der Waals surface area contributed by atoms with Gasteiger partial charge < -0.3 is 14.6 Å². The van der Waals surface area contributed by atoms with Gasteiger partial charge in [-0.2, -0.15) is 0 Å². The van der Waals surface area contributed by atoms with Gasteiger partial charge in [0.2, 0.25) is 5.91 Å². The molecule has 0 aliphatic rings. The fourth-order valence-corrected chi connectivity index (χ4v) is 4.43. The number of nitrogens with zero attached hydrogens (tertiary/aromatic N) is 3. The van der Waals surface area contributed by atoms with Gasteiger partial charge in [0, 0.05) is 24.5 Å². The third-order valence-corrected chi connectivity index (χ3v) is 6.31. The van der Waals surface area contributed by atoms with Crippen molar-refractivity contribution in [3.63, 3.8) is 0 Å². The van der Waals surface area contributed by atoms with Crippen molar-refractivity contribution in [3.8, 4) is 0 Å². The molecule has 0 saturated carbocycles. The molecule has 0 bridgehead atoms. The molecule has 1 N–H and O–H groups in total. The molecule has 0 saturated heterocycles. The van der Waals surface area contributed by atoms with Crippen LogP contribution in [-0.4, -0.2) is 34.3 Å². The van der Waals surface area contributed by atoms with Gasteiger partial charge in [0.05, 0.1) is 29.5 Å². The molecule has 1 amide bonds. The van der Waals surface area contributed by atoms with Gasteiger partial charge in [-0.1, -0.05) is 23.9 Å². The number of benzene rings is 2. The van der Waals surface area contributed by atoms with Crippen LogP contribution in [-0.2, 0) is 11.3 Å². The number of carbonyl (C=O) groups excluding carboxylic acids is 1. The summed E-state index contributed by atoms with van der Waals surface area (Å²) in [4.78, 5) is 32.6. The summed E-state index contributed by atoms with van der Waals surface area (Å²) < 4.78 is 6.98. The van der Waals surface area contributed by atoms with Crippen molar-refractivity contribution in [1.82, 2.24) is 9.55 Å². The highest BCUT2D eigenvalue weighted by atomic mass is 32.2. The number of aromatic nitrogens is 2. The molecule has 0 radical (unpaired) electrons. The summed E-state index contributed by atoms with van der Waals surface area (Å²) in [6, 6.07) is 18.6. The van der Waals surface area contributed by atoms with E-state index in [9.17, 15) is 9.59 Å². The van der Waals surface area contributed by atoms with E-state index < -0.39 is 0 Å². The molecule has 33 heavy (non-hydrogen) atoms. The maximum atomic E-state index is 13.1. The first-order chi connectivity index (χ1) is 16.1. The number of thioether (sulfide) groups is 1. The van der Waals surface area contributed by atoms with E-state index in [2.05, 4.69) is 29.0 Å². The lowest BCUT2D eigenvalue weighted by molar-refractivity contribution is -0.113. The zero-order valence-corrected chi connectivity index (χ0v) is 19.5. The zero-order chi connectivity index (χ0) is 23.2. The van der Waals surface area contributed by atoms with Crippen LogP contribution in [0.25, 0.3) is 10.9 Å². The molecular weight excluding hydrogens is 436 g/mol. The van der Waals surface area contributed by atoms with Crippen molar-refractivity contribution in [2.45, 2.75) is 25.5 Å². The second-order valence-corrected chi connectivity index (χ2v) is 8.38. The first kappa shape index (κ1) is 22.7. The van der Waals surface area contributed by atoms with E-state index in [0.29, 0.717) is 21.8 Å².